The van der Waals surface area contributed by atoms with Crippen molar-refractivity contribution >= 4 is 16.1 Å². The number of benzene rings is 1. The number of rotatable bonds is 5. The van der Waals surface area contributed by atoms with Gasteiger partial charge >= 0.3 is 6.03 Å². The van der Waals surface area contributed by atoms with Crippen LogP contribution in [0.5, 0.6) is 0 Å². The number of amides is 2. The van der Waals surface area contributed by atoms with Gasteiger partial charge in [0.15, 0.2) is 0 Å². The van der Waals surface area contributed by atoms with Crippen molar-refractivity contribution < 1.29 is 18.0 Å². The number of nitrogens with one attached hydrogen (secondary N) is 2. The number of hydroxylamine groups is 1. The molecule has 0 aliphatic carbocycles. The Balaban J connectivity index is 2.52. The summed E-state index contributed by atoms with van der Waals surface area (Å²) in [6.07, 6.45) is 0. The van der Waals surface area contributed by atoms with Crippen molar-refractivity contribution in [2.75, 3.05) is 6.61 Å². The molecule has 0 saturated heterocycles. The molecule has 7 nitrogen and oxygen atoms in total. The number of nitrogens with two attached hydrogens (primary N) is 1. The van der Waals surface area contributed by atoms with Crippen LogP contribution in [0.25, 0.3) is 0 Å². The predicted octanol–water partition coefficient (Wildman–Crippen LogP) is 0.0847. The summed E-state index contributed by atoms with van der Waals surface area (Å²) in [4.78, 5) is 15.9. The summed E-state index contributed by atoms with van der Waals surface area (Å²) in [5, 5.41) is 7.50. The monoisotopic (exact) mass is 273 g/mol. The number of carbonyl (C=O) groups excluding carboxylic acids is 1. The smallest absolute Gasteiger partial charge is 0.332 e. The van der Waals surface area contributed by atoms with Gasteiger partial charge in [-0.2, -0.15) is 0 Å². The van der Waals surface area contributed by atoms with Crippen molar-refractivity contribution in [3.63, 3.8) is 0 Å². The van der Waals surface area contributed by atoms with Crippen molar-refractivity contribution in [2.24, 2.45) is 5.14 Å². The quantitative estimate of drug-likeness (QED) is 0.660. The third-order valence-electron chi connectivity index (χ3n) is 2.01. The van der Waals surface area contributed by atoms with E-state index in [2.05, 4.69) is 15.6 Å². The lowest BCUT2D eigenvalue weighted by Gasteiger charge is -2.07. The molecule has 1 aromatic carbocycles. The SMILES string of the molecule is CCONC(=O)NCc1ccc(S(N)(=O)=O)cc1. The Bertz CT molecular complexity index is 498. The van der Waals surface area contributed by atoms with Gasteiger partial charge in [-0.05, 0) is 24.6 Å². The summed E-state index contributed by atoms with van der Waals surface area (Å²) in [5.41, 5.74) is 2.92. The van der Waals surface area contributed by atoms with Gasteiger partial charge in [0.2, 0.25) is 10.0 Å². The summed E-state index contributed by atoms with van der Waals surface area (Å²) in [7, 11) is -3.68. The molecule has 1 aromatic rings. The molecule has 0 saturated carbocycles. The van der Waals surface area contributed by atoms with Crippen molar-refractivity contribution in [3.8, 4) is 0 Å². The molecule has 8 heteroatoms. The largest absolute Gasteiger partial charge is 0.338 e. The fourth-order valence-corrected chi connectivity index (χ4v) is 1.67. The van der Waals surface area contributed by atoms with E-state index >= 15 is 0 Å². The molecule has 0 aliphatic heterocycles. The van der Waals surface area contributed by atoms with E-state index < -0.39 is 16.1 Å². The van der Waals surface area contributed by atoms with Crippen LogP contribution in [0.4, 0.5) is 4.79 Å². The molecule has 1 rings (SSSR count). The minimum atomic E-state index is -3.68. The molecular formula is C10H15N3O4S. The summed E-state index contributed by atoms with van der Waals surface area (Å²) >= 11 is 0. The van der Waals surface area contributed by atoms with Crippen LogP contribution in [-0.4, -0.2) is 21.1 Å². The molecule has 18 heavy (non-hydrogen) atoms. The maximum Gasteiger partial charge on any atom is 0.338 e. The second kappa shape index (κ2) is 6.34. The van der Waals surface area contributed by atoms with E-state index in [0.29, 0.717) is 6.61 Å². The zero-order valence-corrected chi connectivity index (χ0v) is 10.7. The van der Waals surface area contributed by atoms with Crippen LogP contribution in [0, 0.1) is 0 Å². The molecule has 0 aromatic heterocycles. The predicted molar refractivity (Wildman–Crippen MR) is 64.8 cm³/mol. The number of sulfonamides is 1. The van der Waals surface area contributed by atoms with Gasteiger partial charge in [-0.25, -0.2) is 23.8 Å². The highest BCUT2D eigenvalue weighted by molar-refractivity contribution is 7.89. The van der Waals surface area contributed by atoms with Gasteiger partial charge < -0.3 is 5.32 Å². The van der Waals surface area contributed by atoms with Crippen LogP contribution < -0.4 is 15.9 Å². The summed E-state index contributed by atoms with van der Waals surface area (Å²) in [6, 6.07) is 5.44. The highest BCUT2D eigenvalue weighted by atomic mass is 32.2. The van der Waals surface area contributed by atoms with Crippen molar-refractivity contribution in [1.82, 2.24) is 10.8 Å². The maximum atomic E-state index is 11.1. The number of hydrogen-bond donors (Lipinski definition) is 3. The Labute approximate surface area is 105 Å². The first kappa shape index (κ1) is 14.4. The van der Waals surface area contributed by atoms with E-state index in [1.807, 2.05) is 0 Å². The Morgan fingerprint density at radius 2 is 1.94 bits per heavy atom. The summed E-state index contributed by atoms with van der Waals surface area (Å²) in [5.74, 6) is 0. The lowest BCUT2D eigenvalue weighted by molar-refractivity contribution is 0.0705. The van der Waals surface area contributed by atoms with Crippen molar-refractivity contribution in [2.45, 2.75) is 18.4 Å². The number of primary sulfonamides is 1. The van der Waals surface area contributed by atoms with Gasteiger partial charge in [0.1, 0.15) is 0 Å². The molecule has 2 amide bonds. The minimum Gasteiger partial charge on any atom is -0.332 e. The first-order valence-corrected chi connectivity index (χ1v) is 6.75. The molecule has 0 aliphatic rings. The van der Waals surface area contributed by atoms with Crippen molar-refractivity contribution in [3.05, 3.63) is 29.8 Å². The van der Waals surface area contributed by atoms with E-state index in [1.165, 1.54) is 12.1 Å². The van der Waals surface area contributed by atoms with Crippen LogP contribution in [0.2, 0.25) is 0 Å². The van der Waals surface area contributed by atoms with Gasteiger partial charge in [0.25, 0.3) is 0 Å². The number of carbonyl (C=O) groups is 1. The third-order valence-corrected chi connectivity index (χ3v) is 2.94. The normalized spacial score (nSPS) is 11.0. The molecule has 0 heterocycles. The molecule has 4 N–H and O–H groups in total. The highest BCUT2D eigenvalue weighted by Crippen LogP contribution is 2.08. The van der Waals surface area contributed by atoms with E-state index in [9.17, 15) is 13.2 Å². The lowest BCUT2D eigenvalue weighted by Crippen LogP contribution is -2.34. The second-order valence-electron chi connectivity index (χ2n) is 3.41. The van der Waals surface area contributed by atoms with Crippen LogP contribution in [-0.2, 0) is 21.4 Å². The minimum absolute atomic E-state index is 0.0324. The standard InChI is InChI=1S/C10H15N3O4S/c1-2-17-13-10(14)12-7-8-3-5-9(6-4-8)18(11,15)16/h3-6H,2,7H2,1H3,(H2,11,15,16)(H2,12,13,14). The average molecular weight is 273 g/mol. The van der Waals surface area contributed by atoms with E-state index in [-0.39, 0.29) is 11.4 Å². The number of urea groups is 1. The molecular weight excluding hydrogens is 258 g/mol. The Morgan fingerprint density at radius 1 is 1.33 bits per heavy atom. The molecule has 0 spiro atoms. The summed E-state index contributed by atoms with van der Waals surface area (Å²) in [6.45, 7) is 2.37. The number of hydrogen-bond acceptors (Lipinski definition) is 4. The van der Waals surface area contributed by atoms with Crippen LogP contribution in [0.1, 0.15) is 12.5 Å². The van der Waals surface area contributed by atoms with Gasteiger partial charge in [0, 0.05) is 6.54 Å². The molecule has 0 fully saturated rings. The third kappa shape index (κ3) is 4.70. The Hall–Kier alpha value is -1.64. The highest BCUT2D eigenvalue weighted by Gasteiger charge is 2.07. The van der Waals surface area contributed by atoms with Crippen LogP contribution in [0.15, 0.2) is 29.2 Å². The van der Waals surface area contributed by atoms with Crippen LogP contribution >= 0.6 is 0 Å². The second-order valence-corrected chi connectivity index (χ2v) is 4.97. The van der Waals surface area contributed by atoms with Gasteiger partial charge in [-0.3, -0.25) is 4.84 Å². The molecule has 0 unspecified atom stereocenters. The van der Waals surface area contributed by atoms with Gasteiger partial charge in [0.05, 0.1) is 11.5 Å². The Morgan fingerprint density at radius 3 is 2.44 bits per heavy atom. The zero-order chi connectivity index (χ0) is 13.6. The topological polar surface area (TPSA) is 111 Å². The van der Waals surface area contributed by atoms with Crippen molar-refractivity contribution in [1.29, 1.82) is 0 Å². The first-order valence-electron chi connectivity index (χ1n) is 5.21. The lowest BCUT2D eigenvalue weighted by atomic mass is 10.2. The van der Waals surface area contributed by atoms with Gasteiger partial charge in [-0.15, -0.1) is 0 Å². The fourth-order valence-electron chi connectivity index (χ4n) is 1.15. The molecule has 100 valence electrons. The Kier molecular flexibility index (Phi) is 5.08. The van der Waals surface area contributed by atoms with E-state index in [0.717, 1.165) is 5.56 Å². The molecule has 0 radical (unpaired) electrons. The van der Waals surface area contributed by atoms with Crippen LogP contribution in [0.3, 0.4) is 0 Å². The first-order chi connectivity index (χ1) is 8.43. The average Bonchev–Trinajstić information content (AvgIpc) is 2.33. The maximum absolute atomic E-state index is 11.1. The van der Waals surface area contributed by atoms with E-state index in [1.54, 1.807) is 19.1 Å². The fraction of sp³-hybridized carbons (Fsp3) is 0.300. The summed E-state index contributed by atoms with van der Waals surface area (Å²) < 4.78 is 22.0. The molecule has 0 bridgehead atoms. The van der Waals surface area contributed by atoms with E-state index in [4.69, 9.17) is 5.14 Å². The van der Waals surface area contributed by atoms with Gasteiger partial charge in [-0.1, -0.05) is 12.1 Å². The zero-order valence-electron chi connectivity index (χ0n) is 9.84. The molecule has 0 atom stereocenters.